The molecule has 0 unspecified atom stereocenters. The Kier molecular flexibility index (Phi) is 6.68. The maximum atomic E-state index is 12.2. The van der Waals surface area contributed by atoms with Crippen molar-refractivity contribution in [3.05, 3.63) is 54.1 Å². The number of nitrogens with zero attached hydrogens (tertiary/aromatic N) is 2. The van der Waals surface area contributed by atoms with Gasteiger partial charge in [-0.05, 0) is 55.9 Å². The topological polar surface area (TPSA) is 56.8 Å². The van der Waals surface area contributed by atoms with Gasteiger partial charge in [0.25, 0.3) is 0 Å². The first-order valence-corrected chi connectivity index (χ1v) is 9.43. The average molecular weight is 368 g/mol. The van der Waals surface area contributed by atoms with Crippen molar-refractivity contribution in [1.82, 2.24) is 9.80 Å². The summed E-state index contributed by atoms with van der Waals surface area (Å²) in [7, 11) is 2.16. The molecule has 6 heteroatoms. The zero-order chi connectivity index (χ0) is 19.1. The van der Waals surface area contributed by atoms with Gasteiger partial charge in [0, 0.05) is 44.1 Å². The zero-order valence-electron chi connectivity index (χ0n) is 16.1. The van der Waals surface area contributed by atoms with Crippen molar-refractivity contribution >= 4 is 17.4 Å². The van der Waals surface area contributed by atoms with Gasteiger partial charge in [-0.3, -0.25) is 4.90 Å². The Morgan fingerprint density at radius 1 is 0.926 bits per heavy atom. The molecule has 144 valence electrons. The molecular formula is C21H28N4O2. The van der Waals surface area contributed by atoms with E-state index in [2.05, 4.69) is 39.6 Å². The van der Waals surface area contributed by atoms with Crippen molar-refractivity contribution < 1.29 is 9.53 Å². The summed E-state index contributed by atoms with van der Waals surface area (Å²) in [4.78, 5) is 17.0. The SMILES string of the molecule is CCOc1ccc(NC(=O)Nc2ccc(CN3CCN(C)CC3)cc2)cc1. The van der Waals surface area contributed by atoms with Gasteiger partial charge in [-0.15, -0.1) is 0 Å². The van der Waals surface area contributed by atoms with E-state index in [4.69, 9.17) is 4.74 Å². The van der Waals surface area contributed by atoms with Crippen LogP contribution in [0.4, 0.5) is 16.2 Å². The number of carbonyl (C=O) groups is 1. The van der Waals surface area contributed by atoms with Crippen LogP contribution in [0, 0.1) is 0 Å². The van der Waals surface area contributed by atoms with Gasteiger partial charge in [0.1, 0.15) is 5.75 Å². The highest BCUT2D eigenvalue weighted by Crippen LogP contribution is 2.17. The van der Waals surface area contributed by atoms with E-state index in [0.717, 1.165) is 49.8 Å². The van der Waals surface area contributed by atoms with Gasteiger partial charge < -0.3 is 20.3 Å². The van der Waals surface area contributed by atoms with E-state index in [9.17, 15) is 4.79 Å². The van der Waals surface area contributed by atoms with Crippen LogP contribution in [-0.2, 0) is 6.54 Å². The smallest absolute Gasteiger partial charge is 0.323 e. The third-order valence-electron chi connectivity index (χ3n) is 4.64. The van der Waals surface area contributed by atoms with Crippen LogP contribution >= 0.6 is 0 Å². The Bertz CT molecular complexity index is 723. The van der Waals surface area contributed by atoms with Crippen LogP contribution in [-0.4, -0.2) is 55.7 Å². The molecule has 1 aliphatic rings. The summed E-state index contributed by atoms with van der Waals surface area (Å²) in [5.74, 6) is 0.791. The highest BCUT2D eigenvalue weighted by Gasteiger charge is 2.13. The van der Waals surface area contributed by atoms with Crippen LogP contribution < -0.4 is 15.4 Å². The van der Waals surface area contributed by atoms with Crippen LogP contribution in [0.25, 0.3) is 0 Å². The average Bonchev–Trinajstić information content (AvgIpc) is 2.67. The highest BCUT2D eigenvalue weighted by atomic mass is 16.5. The molecule has 0 aliphatic carbocycles. The van der Waals surface area contributed by atoms with Gasteiger partial charge in [0.15, 0.2) is 0 Å². The van der Waals surface area contributed by atoms with E-state index in [1.807, 2.05) is 43.3 Å². The maximum Gasteiger partial charge on any atom is 0.323 e. The summed E-state index contributed by atoms with van der Waals surface area (Å²) in [6, 6.07) is 15.1. The molecule has 1 aliphatic heterocycles. The van der Waals surface area contributed by atoms with Gasteiger partial charge in [0.05, 0.1) is 6.61 Å². The number of likely N-dealkylation sites (N-methyl/N-ethyl adjacent to an activating group) is 1. The Labute approximate surface area is 161 Å². The second-order valence-corrected chi connectivity index (χ2v) is 6.81. The summed E-state index contributed by atoms with van der Waals surface area (Å²) < 4.78 is 5.40. The third kappa shape index (κ3) is 5.98. The fourth-order valence-electron chi connectivity index (χ4n) is 3.05. The van der Waals surface area contributed by atoms with Gasteiger partial charge in [-0.1, -0.05) is 12.1 Å². The number of ether oxygens (including phenoxy) is 1. The Hall–Kier alpha value is -2.57. The lowest BCUT2D eigenvalue weighted by Crippen LogP contribution is -2.43. The number of anilines is 2. The number of carbonyl (C=O) groups excluding carboxylic acids is 1. The van der Waals surface area contributed by atoms with Crippen LogP contribution in [0.1, 0.15) is 12.5 Å². The van der Waals surface area contributed by atoms with Crippen molar-refractivity contribution in [2.75, 3.05) is 50.5 Å². The molecule has 0 spiro atoms. The van der Waals surface area contributed by atoms with Crippen LogP contribution in [0.5, 0.6) is 5.75 Å². The predicted molar refractivity (Wildman–Crippen MR) is 109 cm³/mol. The summed E-state index contributed by atoms with van der Waals surface area (Å²) in [6.45, 7) is 7.94. The standard InChI is InChI=1S/C21H28N4O2/c1-3-27-20-10-8-19(9-11-20)23-21(26)22-18-6-4-17(5-7-18)16-25-14-12-24(2)13-15-25/h4-11H,3,12-16H2,1-2H3,(H2,22,23,26). The molecule has 1 fully saturated rings. The minimum absolute atomic E-state index is 0.258. The second-order valence-electron chi connectivity index (χ2n) is 6.81. The fraction of sp³-hybridized carbons (Fsp3) is 0.381. The van der Waals surface area contributed by atoms with Crippen molar-refractivity contribution in [1.29, 1.82) is 0 Å². The van der Waals surface area contributed by atoms with Gasteiger partial charge in [0.2, 0.25) is 0 Å². The molecule has 0 atom stereocenters. The molecule has 0 aromatic heterocycles. The van der Waals surface area contributed by atoms with Crippen molar-refractivity contribution in [3.63, 3.8) is 0 Å². The normalized spacial score (nSPS) is 15.3. The lowest BCUT2D eigenvalue weighted by Gasteiger charge is -2.32. The van der Waals surface area contributed by atoms with E-state index < -0.39 is 0 Å². The van der Waals surface area contributed by atoms with E-state index in [-0.39, 0.29) is 6.03 Å². The summed E-state index contributed by atoms with van der Waals surface area (Å²) in [6.07, 6.45) is 0. The largest absolute Gasteiger partial charge is 0.494 e. The molecular weight excluding hydrogens is 340 g/mol. The third-order valence-corrected chi connectivity index (χ3v) is 4.64. The molecule has 1 saturated heterocycles. The monoisotopic (exact) mass is 368 g/mol. The van der Waals surface area contributed by atoms with Gasteiger partial charge >= 0.3 is 6.03 Å². The molecule has 1 heterocycles. The lowest BCUT2D eigenvalue weighted by molar-refractivity contribution is 0.148. The van der Waals surface area contributed by atoms with E-state index in [1.54, 1.807) is 0 Å². The van der Waals surface area contributed by atoms with Gasteiger partial charge in [-0.25, -0.2) is 4.79 Å². The molecule has 27 heavy (non-hydrogen) atoms. The quantitative estimate of drug-likeness (QED) is 0.820. The predicted octanol–water partition coefficient (Wildman–Crippen LogP) is 3.48. The zero-order valence-corrected chi connectivity index (χ0v) is 16.1. The number of amides is 2. The minimum atomic E-state index is -0.258. The van der Waals surface area contributed by atoms with Crippen molar-refractivity contribution in [2.24, 2.45) is 0 Å². The number of nitrogens with one attached hydrogen (secondary N) is 2. The summed E-state index contributed by atoms with van der Waals surface area (Å²) in [5, 5.41) is 5.69. The van der Waals surface area contributed by atoms with Gasteiger partial charge in [-0.2, -0.15) is 0 Å². The molecule has 2 amide bonds. The van der Waals surface area contributed by atoms with Crippen LogP contribution in [0.15, 0.2) is 48.5 Å². The van der Waals surface area contributed by atoms with Crippen molar-refractivity contribution in [2.45, 2.75) is 13.5 Å². The molecule has 0 bridgehead atoms. The molecule has 2 N–H and O–H groups in total. The number of urea groups is 1. The first-order valence-electron chi connectivity index (χ1n) is 9.43. The molecule has 3 rings (SSSR count). The minimum Gasteiger partial charge on any atom is -0.494 e. The molecule has 0 radical (unpaired) electrons. The van der Waals surface area contributed by atoms with E-state index in [1.165, 1.54) is 5.56 Å². The van der Waals surface area contributed by atoms with Crippen LogP contribution in [0.2, 0.25) is 0 Å². The first-order chi connectivity index (χ1) is 13.1. The molecule has 0 saturated carbocycles. The lowest BCUT2D eigenvalue weighted by atomic mass is 10.2. The summed E-state index contributed by atoms with van der Waals surface area (Å²) in [5.41, 5.74) is 2.76. The Balaban J connectivity index is 1.48. The van der Waals surface area contributed by atoms with E-state index >= 15 is 0 Å². The fourth-order valence-corrected chi connectivity index (χ4v) is 3.05. The molecule has 6 nitrogen and oxygen atoms in total. The van der Waals surface area contributed by atoms with Crippen molar-refractivity contribution in [3.8, 4) is 5.75 Å². The number of hydrogen-bond acceptors (Lipinski definition) is 4. The van der Waals surface area contributed by atoms with Crippen LogP contribution in [0.3, 0.4) is 0 Å². The maximum absolute atomic E-state index is 12.2. The molecule has 2 aromatic rings. The van der Waals surface area contributed by atoms with E-state index in [0.29, 0.717) is 6.61 Å². The Morgan fingerprint density at radius 3 is 2.04 bits per heavy atom. The summed E-state index contributed by atoms with van der Waals surface area (Å²) >= 11 is 0. The second kappa shape index (κ2) is 9.39. The number of benzene rings is 2. The Morgan fingerprint density at radius 2 is 1.48 bits per heavy atom. The number of piperazine rings is 1. The first kappa shape index (κ1) is 19.2. The highest BCUT2D eigenvalue weighted by molar-refractivity contribution is 5.99. The molecule has 2 aromatic carbocycles. The number of rotatable bonds is 6. The number of hydrogen-bond donors (Lipinski definition) is 2.